The first-order valence-electron chi connectivity index (χ1n) is 3.59. The van der Waals surface area contributed by atoms with E-state index < -0.39 is 34.6 Å². The summed E-state index contributed by atoms with van der Waals surface area (Å²) in [7, 11) is 0. The molecule has 0 heterocycles. The molecule has 0 aliphatic rings. The van der Waals surface area contributed by atoms with Gasteiger partial charge < -0.3 is 5.11 Å². The van der Waals surface area contributed by atoms with E-state index in [-0.39, 0.29) is 0 Å². The summed E-state index contributed by atoms with van der Waals surface area (Å²) in [4.78, 5) is 23.7. The number of aliphatic carboxylic acids is 1. The highest BCUT2D eigenvalue weighted by Gasteiger charge is 2.28. The minimum atomic E-state index is -1.86. The number of rotatable bonds is 2. The molecule has 1 N–H and O–H groups in total. The Morgan fingerprint density at radius 3 is 2.27 bits per heavy atom. The minimum absolute atomic E-state index is 0.362. The van der Waals surface area contributed by atoms with Crippen molar-refractivity contribution in [1.29, 1.82) is 5.39 Å². The van der Waals surface area contributed by atoms with E-state index in [2.05, 4.69) is 4.98 Å². The Balaban J connectivity index is 3.42. The van der Waals surface area contributed by atoms with Gasteiger partial charge in [0.1, 0.15) is 5.56 Å². The number of hydrogen-bond donors (Lipinski definition) is 1. The lowest BCUT2D eigenvalue weighted by molar-refractivity contribution is -0.131. The largest absolute Gasteiger partial charge is 0.475 e. The fourth-order valence-corrected chi connectivity index (χ4v) is 0.916. The number of carbonyl (C=O) groups excluding carboxylic acids is 1. The van der Waals surface area contributed by atoms with Gasteiger partial charge in [-0.3, -0.25) is 4.79 Å². The number of carboxylic acids is 1. The predicted octanol–water partition coefficient (Wildman–Crippen LogP) is 1.72. The second kappa shape index (κ2) is 3.79. The first kappa shape index (κ1) is 10.7. The molecule has 1 aromatic rings. The topological polar surface area (TPSA) is 82.5 Å². The van der Waals surface area contributed by atoms with Gasteiger partial charge in [0, 0.05) is 0 Å². The quantitative estimate of drug-likeness (QED) is 0.460. The van der Waals surface area contributed by atoms with Crippen LogP contribution in [0.15, 0.2) is 12.1 Å². The first-order chi connectivity index (χ1) is 6.97. The van der Waals surface area contributed by atoms with Crippen molar-refractivity contribution in [3.8, 4) is 0 Å². The number of carbonyl (C=O) groups is 2. The molecular weight excluding hydrogens is 210 g/mol. The van der Waals surface area contributed by atoms with Crippen LogP contribution in [-0.4, -0.2) is 16.9 Å². The predicted molar refractivity (Wildman–Crippen MR) is 43.1 cm³/mol. The Hall–Kier alpha value is -2.36. The molecule has 0 aromatic heterocycles. The summed E-state index contributed by atoms with van der Waals surface area (Å²) in [5.41, 5.74) is -1.36. The van der Waals surface area contributed by atoms with Gasteiger partial charge in [0.15, 0.2) is 16.6 Å². The summed E-state index contributed by atoms with van der Waals surface area (Å²) >= 11 is 0. The number of halogens is 2. The number of Topliss-reactive ketones (excluding diaryl/α,β-unsaturated/α-hetero) is 1. The summed E-state index contributed by atoms with van der Waals surface area (Å²) in [6.45, 7) is 0. The molecule has 0 amide bonds. The Labute approximate surface area is 81.6 Å². The summed E-state index contributed by atoms with van der Waals surface area (Å²) in [5.74, 6) is -6.08. The van der Waals surface area contributed by atoms with Crippen LogP contribution >= 0.6 is 0 Å². The molecule has 0 spiro atoms. The molecule has 0 atom stereocenters. The fraction of sp³-hybridized carbons (Fsp3) is 0. The SMILES string of the molecule is N#[N+]c1cc(F)c(F)cc1C(=O)C(=O)O. The van der Waals surface area contributed by atoms with Gasteiger partial charge >= 0.3 is 11.7 Å². The maximum absolute atomic E-state index is 12.7. The molecular formula is C8H3F2N2O3+. The molecule has 0 unspecified atom stereocenters. The van der Waals surface area contributed by atoms with Crippen LogP contribution in [0.1, 0.15) is 10.4 Å². The van der Waals surface area contributed by atoms with Crippen LogP contribution in [0.2, 0.25) is 0 Å². The molecule has 0 aliphatic heterocycles. The average molecular weight is 213 g/mol. The zero-order chi connectivity index (χ0) is 11.6. The molecule has 0 saturated heterocycles. The maximum atomic E-state index is 12.7. The monoisotopic (exact) mass is 213 g/mol. The number of hydrogen-bond acceptors (Lipinski definition) is 3. The smallest absolute Gasteiger partial charge is 0.399 e. The van der Waals surface area contributed by atoms with Crippen molar-refractivity contribution in [1.82, 2.24) is 0 Å². The van der Waals surface area contributed by atoms with E-state index in [0.29, 0.717) is 12.1 Å². The van der Waals surface area contributed by atoms with Gasteiger partial charge in [-0.15, -0.1) is 0 Å². The summed E-state index contributed by atoms with van der Waals surface area (Å²) < 4.78 is 25.3. The number of ketones is 1. The zero-order valence-electron chi connectivity index (χ0n) is 7.07. The maximum Gasteiger partial charge on any atom is 0.399 e. The molecule has 7 heteroatoms. The molecule has 1 aromatic carbocycles. The third kappa shape index (κ3) is 1.94. The molecule has 0 radical (unpaired) electrons. The number of benzene rings is 1. The van der Waals surface area contributed by atoms with Crippen molar-refractivity contribution in [2.75, 3.05) is 0 Å². The zero-order valence-corrected chi connectivity index (χ0v) is 7.07. The molecule has 5 nitrogen and oxygen atoms in total. The lowest BCUT2D eigenvalue weighted by Gasteiger charge is -1.94. The Bertz CT molecular complexity index is 493. The van der Waals surface area contributed by atoms with E-state index in [1.165, 1.54) is 0 Å². The van der Waals surface area contributed by atoms with Gasteiger partial charge in [0.2, 0.25) is 5.39 Å². The van der Waals surface area contributed by atoms with Crippen LogP contribution in [0.4, 0.5) is 14.5 Å². The summed E-state index contributed by atoms with van der Waals surface area (Å²) in [6.07, 6.45) is 0. The highest BCUT2D eigenvalue weighted by molar-refractivity contribution is 6.41. The lowest BCUT2D eigenvalue weighted by atomic mass is 10.1. The van der Waals surface area contributed by atoms with Crippen molar-refractivity contribution in [2.24, 2.45) is 0 Å². The third-order valence-corrected chi connectivity index (χ3v) is 1.59. The third-order valence-electron chi connectivity index (χ3n) is 1.59. The molecule has 0 aliphatic carbocycles. The van der Waals surface area contributed by atoms with Crippen molar-refractivity contribution >= 4 is 17.4 Å². The molecule has 0 bridgehead atoms. The second-order valence-electron chi connectivity index (χ2n) is 2.52. The van der Waals surface area contributed by atoms with Crippen molar-refractivity contribution in [2.45, 2.75) is 0 Å². The van der Waals surface area contributed by atoms with Gasteiger partial charge in [-0.1, -0.05) is 0 Å². The minimum Gasteiger partial charge on any atom is -0.475 e. The number of carboxylic acid groups (broad SMARTS) is 1. The van der Waals surface area contributed by atoms with E-state index >= 15 is 0 Å². The van der Waals surface area contributed by atoms with E-state index in [0.717, 1.165) is 0 Å². The summed E-state index contributed by atoms with van der Waals surface area (Å²) in [5, 5.41) is 16.7. The second-order valence-corrected chi connectivity index (χ2v) is 2.52. The Morgan fingerprint density at radius 1 is 1.27 bits per heavy atom. The van der Waals surface area contributed by atoms with Crippen LogP contribution in [0.3, 0.4) is 0 Å². The van der Waals surface area contributed by atoms with E-state index in [9.17, 15) is 18.4 Å². The van der Waals surface area contributed by atoms with Gasteiger partial charge in [-0.25, -0.2) is 13.6 Å². The number of nitrogens with zero attached hydrogens (tertiary/aromatic N) is 2. The van der Waals surface area contributed by atoms with Crippen LogP contribution in [0.25, 0.3) is 4.98 Å². The van der Waals surface area contributed by atoms with Crippen LogP contribution in [-0.2, 0) is 4.79 Å². The van der Waals surface area contributed by atoms with Crippen LogP contribution in [0.5, 0.6) is 0 Å². The standard InChI is InChI=1S/C8H2F2N2O3/c9-4-1-3(7(13)8(14)15)6(12-11)2-5(4)10/h1-2H/p+1. The average Bonchev–Trinajstić information content (AvgIpc) is 2.20. The van der Waals surface area contributed by atoms with Crippen molar-refractivity contribution in [3.05, 3.63) is 34.3 Å². The van der Waals surface area contributed by atoms with E-state index in [1.807, 2.05) is 0 Å². The highest BCUT2D eigenvalue weighted by Crippen LogP contribution is 2.23. The van der Waals surface area contributed by atoms with E-state index in [4.69, 9.17) is 10.5 Å². The highest BCUT2D eigenvalue weighted by atomic mass is 19.2. The fourth-order valence-electron chi connectivity index (χ4n) is 0.916. The van der Waals surface area contributed by atoms with Gasteiger partial charge in [-0.05, 0) is 6.07 Å². The van der Waals surface area contributed by atoms with Gasteiger partial charge in [0.25, 0.3) is 5.78 Å². The summed E-state index contributed by atoms with van der Waals surface area (Å²) in [6, 6.07) is 0.784. The first-order valence-corrected chi connectivity index (χ1v) is 3.59. The molecule has 0 fully saturated rings. The molecule has 76 valence electrons. The van der Waals surface area contributed by atoms with Gasteiger partial charge in [0.05, 0.1) is 6.07 Å². The van der Waals surface area contributed by atoms with Crippen molar-refractivity contribution < 1.29 is 23.5 Å². The normalized spacial score (nSPS) is 9.40. The Kier molecular flexibility index (Phi) is 2.71. The van der Waals surface area contributed by atoms with Crippen LogP contribution in [0, 0.1) is 17.0 Å². The Morgan fingerprint density at radius 2 is 1.80 bits per heavy atom. The van der Waals surface area contributed by atoms with E-state index in [1.54, 1.807) is 0 Å². The van der Waals surface area contributed by atoms with Gasteiger partial charge in [-0.2, -0.15) is 0 Å². The molecule has 15 heavy (non-hydrogen) atoms. The lowest BCUT2D eigenvalue weighted by Crippen LogP contribution is -2.13. The van der Waals surface area contributed by atoms with Crippen molar-refractivity contribution in [3.63, 3.8) is 0 Å². The molecule has 1 rings (SSSR count). The number of diazo groups is 1. The molecule has 0 saturated carbocycles. The van der Waals surface area contributed by atoms with Crippen LogP contribution < -0.4 is 0 Å².